The van der Waals surface area contributed by atoms with Crippen LogP contribution in [-0.2, 0) is 11.3 Å². The van der Waals surface area contributed by atoms with Gasteiger partial charge in [0.1, 0.15) is 24.2 Å². The number of benzene rings is 1. The summed E-state index contributed by atoms with van der Waals surface area (Å²) in [5, 5.41) is 0. The Bertz CT molecular complexity index is 970. The van der Waals surface area contributed by atoms with E-state index in [2.05, 4.69) is 4.98 Å². The lowest BCUT2D eigenvalue weighted by molar-refractivity contribution is -0.131. The molecule has 0 radical (unpaired) electrons. The lowest BCUT2D eigenvalue weighted by atomic mass is 9.99. The lowest BCUT2D eigenvalue weighted by Gasteiger charge is -2.22. The summed E-state index contributed by atoms with van der Waals surface area (Å²) >= 11 is 0. The normalized spacial score (nSPS) is 24.0. The topological polar surface area (TPSA) is 84.4 Å². The van der Waals surface area contributed by atoms with E-state index in [0.29, 0.717) is 24.8 Å². The second-order valence-corrected chi connectivity index (χ2v) is 7.15. The Balaban J connectivity index is 1.41. The molecule has 3 atom stereocenters. The highest BCUT2D eigenvalue weighted by molar-refractivity contribution is 5.76. The number of nitrogens with zero attached hydrogens (tertiary/aromatic N) is 2. The van der Waals surface area contributed by atoms with E-state index in [0.717, 1.165) is 12.8 Å². The minimum Gasteiger partial charge on any atom is -0.490 e. The van der Waals surface area contributed by atoms with Crippen LogP contribution in [0.5, 0.6) is 5.75 Å². The molecule has 1 aliphatic heterocycles. The van der Waals surface area contributed by atoms with Crippen molar-refractivity contribution in [1.29, 1.82) is 0 Å². The van der Waals surface area contributed by atoms with Crippen molar-refractivity contribution in [2.45, 2.75) is 25.5 Å². The summed E-state index contributed by atoms with van der Waals surface area (Å²) in [5.41, 5.74) is -1.08. The van der Waals surface area contributed by atoms with Gasteiger partial charge < -0.3 is 9.64 Å². The van der Waals surface area contributed by atoms with Crippen LogP contribution in [0.2, 0.25) is 0 Å². The number of aromatic nitrogens is 2. The van der Waals surface area contributed by atoms with Gasteiger partial charge in [0.2, 0.25) is 5.91 Å². The molecule has 8 heteroatoms. The van der Waals surface area contributed by atoms with E-state index in [1.807, 2.05) is 0 Å². The molecule has 1 N–H and O–H groups in total. The highest BCUT2D eigenvalue weighted by atomic mass is 19.1. The summed E-state index contributed by atoms with van der Waals surface area (Å²) in [6.07, 6.45) is 3.11. The maximum absolute atomic E-state index is 13.4. The number of halogens is 1. The van der Waals surface area contributed by atoms with Crippen molar-refractivity contribution in [3.05, 3.63) is 63.2 Å². The molecule has 0 unspecified atom stereocenters. The van der Waals surface area contributed by atoms with Crippen molar-refractivity contribution in [2.24, 2.45) is 11.8 Å². The number of hydrogen-bond acceptors (Lipinski definition) is 4. The smallest absolute Gasteiger partial charge is 0.328 e. The highest BCUT2D eigenvalue weighted by Crippen LogP contribution is 2.40. The van der Waals surface area contributed by atoms with Gasteiger partial charge >= 0.3 is 5.69 Å². The molecule has 1 saturated carbocycles. The van der Waals surface area contributed by atoms with Crippen molar-refractivity contribution in [3.63, 3.8) is 0 Å². The van der Waals surface area contributed by atoms with Gasteiger partial charge in [-0.3, -0.25) is 19.1 Å². The van der Waals surface area contributed by atoms with Gasteiger partial charge in [0.05, 0.1) is 0 Å². The van der Waals surface area contributed by atoms with E-state index in [1.165, 1.54) is 29.0 Å². The van der Waals surface area contributed by atoms with Crippen LogP contribution >= 0.6 is 0 Å². The zero-order valence-electron chi connectivity index (χ0n) is 14.6. The van der Waals surface area contributed by atoms with Gasteiger partial charge in [0, 0.05) is 37.3 Å². The van der Waals surface area contributed by atoms with E-state index >= 15 is 0 Å². The molecule has 2 aliphatic rings. The fourth-order valence-corrected chi connectivity index (χ4v) is 4.09. The van der Waals surface area contributed by atoms with Crippen molar-refractivity contribution in [2.75, 3.05) is 13.1 Å². The third-order valence-electron chi connectivity index (χ3n) is 5.43. The lowest BCUT2D eigenvalue weighted by Crippen LogP contribution is -2.38. The molecule has 142 valence electrons. The van der Waals surface area contributed by atoms with Gasteiger partial charge in [0.15, 0.2) is 0 Å². The number of carbonyl (C=O) groups excluding carboxylic acids is 1. The SMILES string of the molecule is O=C(Cn1ccc(=O)[nH]c1=O)N1C[C@@H]2CC[C@H](Oc3cccc(F)c3)[C@@H]2C1. The second-order valence-electron chi connectivity index (χ2n) is 7.15. The number of fused-ring (bicyclic) bond motifs is 1. The Kier molecular flexibility index (Phi) is 4.55. The molecule has 7 nitrogen and oxygen atoms in total. The standard InChI is InChI=1S/C19H20FN3O4/c20-13-2-1-3-14(8-13)27-16-5-4-12-9-23(10-15(12)16)18(25)11-22-7-6-17(24)21-19(22)26/h1-3,6-8,12,15-16H,4-5,9-11H2,(H,21,24,26)/t12-,15+,16-/m0/s1. The molecule has 2 fully saturated rings. The van der Waals surface area contributed by atoms with E-state index in [1.54, 1.807) is 17.0 Å². The van der Waals surface area contributed by atoms with Crippen LogP contribution in [0.15, 0.2) is 46.1 Å². The Morgan fingerprint density at radius 1 is 1.22 bits per heavy atom. The van der Waals surface area contributed by atoms with Gasteiger partial charge in [-0.15, -0.1) is 0 Å². The zero-order chi connectivity index (χ0) is 19.0. The van der Waals surface area contributed by atoms with Gasteiger partial charge in [-0.05, 0) is 30.9 Å². The maximum atomic E-state index is 13.4. The number of aromatic amines is 1. The number of nitrogens with one attached hydrogen (secondary N) is 1. The van der Waals surface area contributed by atoms with Crippen LogP contribution in [0.25, 0.3) is 0 Å². The summed E-state index contributed by atoms with van der Waals surface area (Å²) in [5.74, 6) is 0.550. The van der Waals surface area contributed by atoms with E-state index in [-0.39, 0.29) is 30.3 Å². The third-order valence-corrected chi connectivity index (χ3v) is 5.43. The first kappa shape index (κ1) is 17.5. The molecule has 0 bridgehead atoms. The average molecular weight is 373 g/mol. The van der Waals surface area contributed by atoms with Crippen molar-refractivity contribution >= 4 is 5.91 Å². The molecule has 27 heavy (non-hydrogen) atoms. The number of carbonyl (C=O) groups is 1. The van der Waals surface area contributed by atoms with Gasteiger partial charge in [0.25, 0.3) is 5.56 Å². The Morgan fingerprint density at radius 3 is 2.85 bits per heavy atom. The summed E-state index contributed by atoms with van der Waals surface area (Å²) < 4.78 is 20.5. The Labute approximate surface area is 154 Å². The van der Waals surface area contributed by atoms with Gasteiger partial charge in [-0.25, -0.2) is 9.18 Å². The second kappa shape index (κ2) is 7.02. The fourth-order valence-electron chi connectivity index (χ4n) is 4.09. The largest absolute Gasteiger partial charge is 0.490 e. The first-order chi connectivity index (χ1) is 13.0. The summed E-state index contributed by atoms with van der Waals surface area (Å²) in [7, 11) is 0. The summed E-state index contributed by atoms with van der Waals surface area (Å²) in [6, 6.07) is 7.31. The van der Waals surface area contributed by atoms with Crippen LogP contribution < -0.4 is 16.0 Å². The molecule has 1 amide bonds. The maximum Gasteiger partial charge on any atom is 0.328 e. The molecule has 2 aromatic rings. The number of rotatable bonds is 4. The van der Waals surface area contributed by atoms with Crippen molar-refractivity contribution < 1.29 is 13.9 Å². The van der Waals surface area contributed by atoms with E-state index < -0.39 is 11.2 Å². The molecule has 1 aromatic carbocycles. The monoisotopic (exact) mass is 373 g/mol. The van der Waals surface area contributed by atoms with Crippen LogP contribution in [0.3, 0.4) is 0 Å². The first-order valence-electron chi connectivity index (χ1n) is 8.99. The first-order valence-corrected chi connectivity index (χ1v) is 8.99. The van der Waals surface area contributed by atoms with Crippen molar-refractivity contribution in [3.8, 4) is 5.75 Å². The molecule has 2 heterocycles. The van der Waals surface area contributed by atoms with Crippen LogP contribution in [0, 0.1) is 17.7 Å². The number of H-pyrrole nitrogens is 1. The van der Waals surface area contributed by atoms with Crippen LogP contribution in [-0.4, -0.2) is 39.6 Å². The van der Waals surface area contributed by atoms with E-state index in [4.69, 9.17) is 4.74 Å². The number of likely N-dealkylation sites (tertiary alicyclic amines) is 1. The molecular weight excluding hydrogens is 353 g/mol. The highest BCUT2D eigenvalue weighted by Gasteiger charge is 2.45. The average Bonchev–Trinajstić information content (AvgIpc) is 3.19. The molecule has 1 aromatic heterocycles. The third kappa shape index (κ3) is 3.65. The minimum atomic E-state index is -0.595. The van der Waals surface area contributed by atoms with Crippen LogP contribution in [0.1, 0.15) is 12.8 Å². The van der Waals surface area contributed by atoms with Crippen molar-refractivity contribution in [1.82, 2.24) is 14.5 Å². The fraction of sp³-hybridized carbons (Fsp3) is 0.421. The Hall–Kier alpha value is -2.90. The molecule has 1 aliphatic carbocycles. The van der Waals surface area contributed by atoms with Gasteiger partial charge in [-0.1, -0.05) is 6.07 Å². The zero-order valence-corrected chi connectivity index (χ0v) is 14.6. The molecule has 0 spiro atoms. The predicted molar refractivity (Wildman–Crippen MR) is 94.9 cm³/mol. The number of amides is 1. The molecule has 1 saturated heterocycles. The number of ether oxygens (including phenoxy) is 1. The predicted octanol–water partition coefficient (Wildman–Crippen LogP) is 0.992. The van der Waals surface area contributed by atoms with Crippen LogP contribution in [0.4, 0.5) is 4.39 Å². The summed E-state index contributed by atoms with van der Waals surface area (Å²) in [6.45, 7) is 1.08. The minimum absolute atomic E-state index is 0.0506. The van der Waals surface area contributed by atoms with Gasteiger partial charge in [-0.2, -0.15) is 0 Å². The quantitative estimate of drug-likeness (QED) is 0.866. The van der Waals surface area contributed by atoms with E-state index in [9.17, 15) is 18.8 Å². The summed E-state index contributed by atoms with van der Waals surface area (Å²) in [4.78, 5) is 39.3. The Morgan fingerprint density at radius 2 is 2.07 bits per heavy atom. The number of hydrogen-bond donors (Lipinski definition) is 1. The molecule has 4 rings (SSSR count). The molecular formula is C19H20FN3O4.